The van der Waals surface area contributed by atoms with Crippen LogP contribution in [0.2, 0.25) is 0 Å². The van der Waals surface area contributed by atoms with E-state index in [2.05, 4.69) is 25.2 Å². The van der Waals surface area contributed by atoms with Gasteiger partial charge < -0.3 is 15.1 Å². The van der Waals surface area contributed by atoms with Crippen molar-refractivity contribution in [3.63, 3.8) is 0 Å². The highest BCUT2D eigenvalue weighted by Gasteiger charge is 2.29. The molecule has 0 atom stereocenters. The number of nitrogens with zero attached hydrogens (tertiary/aromatic N) is 6. The van der Waals surface area contributed by atoms with Crippen LogP contribution in [0.3, 0.4) is 0 Å². The Morgan fingerprint density at radius 2 is 1.79 bits per heavy atom. The number of benzene rings is 1. The van der Waals surface area contributed by atoms with Gasteiger partial charge in [0.05, 0.1) is 4.92 Å². The van der Waals surface area contributed by atoms with Crippen LogP contribution in [0, 0.1) is 17.0 Å². The first-order valence-corrected chi connectivity index (χ1v) is 9.36. The maximum Gasteiger partial charge on any atom is 0.353 e. The number of rotatable bonds is 5. The topological polar surface area (TPSA) is 100 Å². The summed E-state index contributed by atoms with van der Waals surface area (Å²) in [6.07, 6.45) is 3.13. The first-order valence-electron chi connectivity index (χ1n) is 9.36. The molecule has 3 aromatic rings. The van der Waals surface area contributed by atoms with Gasteiger partial charge >= 0.3 is 5.69 Å². The maximum atomic E-state index is 11.9. The van der Waals surface area contributed by atoms with E-state index in [1.54, 1.807) is 6.20 Å². The smallest absolute Gasteiger partial charge is 0.353 e. The largest absolute Gasteiger partial charge is 0.353 e. The van der Waals surface area contributed by atoms with E-state index in [1.165, 1.54) is 6.33 Å². The van der Waals surface area contributed by atoms with E-state index in [0.717, 1.165) is 17.1 Å². The van der Waals surface area contributed by atoms with Gasteiger partial charge in [0.2, 0.25) is 11.6 Å². The number of aryl methyl sites for hydroxylation is 1. The van der Waals surface area contributed by atoms with Gasteiger partial charge in [0.25, 0.3) is 0 Å². The molecule has 1 fully saturated rings. The van der Waals surface area contributed by atoms with Crippen LogP contribution in [0.1, 0.15) is 5.56 Å². The number of nitrogens with one attached hydrogen (secondary N) is 1. The van der Waals surface area contributed by atoms with E-state index >= 15 is 0 Å². The summed E-state index contributed by atoms with van der Waals surface area (Å²) in [5.41, 5.74) is 1.69. The number of anilines is 4. The van der Waals surface area contributed by atoms with Crippen LogP contribution in [-0.4, -0.2) is 46.1 Å². The van der Waals surface area contributed by atoms with E-state index < -0.39 is 4.92 Å². The van der Waals surface area contributed by atoms with E-state index in [4.69, 9.17) is 0 Å². The average molecular weight is 391 g/mol. The highest BCUT2D eigenvalue weighted by Crippen LogP contribution is 2.34. The van der Waals surface area contributed by atoms with Gasteiger partial charge in [-0.05, 0) is 36.8 Å². The molecule has 2 aromatic heterocycles. The first kappa shape index (κ1) is 18.6. The predicted molar refractivity (Wildman–Crippen MR) is 112 cm³/mol. The minimum Gasteiger partial charge on any atom is -0.353 e. The minimum absolute atomic E-state index is 0.111. The van der Waals surface area contributed by atoms with Crippen molar-refractivity contribution in [3.05, 3.63) is 70.7 Å². The first-order chi connectivity index (χ1) is 14.1. The molecule has 9 heteroatoms. The van der Waals surface area contributed by atoms with Crippen LogP contribution < -0.4 is 15.1 Å². The maximum absolute atomic E-state index is 11.9. The van der Waals surface area contributed by atoms with Crippen LogP contribution in [0.25, 0.3) is 0 Å². The molecule has 0 unspecified atom stereocenters. The van der Waals surface area contributed by atoms with Crippen molar-refractivity contribution in [3.8, 4) is 0 Å². The van der Waals surface area contributed by atoms with Crippen LogP contribution in [0.4, 0.5) is 28.8 Å². The summed E-state index contributed by atoms with van der Waals surface area (Å²) in [5.74, 6) is 1.43. The lowest BCUT2D eigenvalue weighted by Crippen LogP contribution is -2.47. The van der Waals surface area contributed by atoms with Gasteiger partial charge in [-0.1, -0.05) is 18.2 Å². The molecule has 1 aliphatic rings. The fourth-order valence-electron chi connectivity index (χ4n) is 3.41. The molecule has 1 aromatic carbocycles. The lowest BCUT2D eigenvalue weighted by Gasteiger charge is -2.35. The van der Waals surface area contributed by atoms with E-state index in [0.29, 0.717) is 32.0 Å². The summed E-state index contributed by atoms with van der Waals surface area (Å²) in [6, 6.07) is 13.4. The van der Waals surface area contributed by atoms with Crippen molar-refractivity contribution in [2.24, 2.45) is 0 Å². The predicted octanol–water partition coefficient (Wildman–Crippen LogP) is 3.16. The third kappa shape index (κ3) is 4.08. The fraction of sp³-hybridized carbons (Fsp3) is 0.250. The van der Waals surface area contributed by atoms with E-state index in [1.807, 2.05) is 54.3 Å². The Morgan fingerprint density at radius 3 is 2.48 bits per heavy atom. The highest BCUT2D eigenvalue weighted by atomic mass is 16.6. The van der Waals surface area contributed by atoms with Crippen molar-refractivity contribution in [1.29, 1.82) is 0 Å². The van der Waals surface area contributed by atoms with Gasteiger partial charge in [-0.25, -0.2) is 15.0 Å². The van der Waals surface area contributed by atoms with Crippen LogP contribution >= 0.6 is 0 Å². The molecule has 1 aliphatic heterocycles. The standard InChI is InChI=1S/C20H21N7O2/c1-15-5-4-6-16(13-15)24-19-18(27(28)29)20(23-14-22-19)26-11-9-25(10-12-26)17-7-2-3-8-21-17/h2-8,13-14H,9-12H2,1H3,(H,22,23,24). The lowest BCUT2D eigenvalue weighted by atomic mass is 10.2. The number of piperazine rings is 1. The summed E-state index contributed by atoms with van der Waals surface area (Å²) in [4.78, 5) is 28.3. The monoisotopic (exact) mass is 391 g/mol. The molecule has 4 rings (SSSR count). The zero-order valence-electron chi connectivity index (χ0n) is 16.0. The second-order valence-electron chi connectivity index (χ2n) is 6.81. The molecule has 0 bridgehead atoms. The quantitative estimate of drug-likeness (QED) is 0.523. The Labute approximate surface area is 168 Å². The van der Waals surface area contributed by atoms with Crippen LogP contribution in [-0.2, 0) is 0 Å². The van der Waals surface area contributed by atoms with Gasteiger partial charge in [-0.3, -0.25) is 10.1 Å². The zero-order chi connectivity index (χ0) is 20.2. The molecule has 0 saturated carbocycles. The van der Waals surface area contributed by atoms with Crippen LogP contribution in [0.15, 0.2) is 55.0 Å². The van der Waals surface area contributed by atoms with E-state index in [9.17, 15) is 10.1 Å². The Morgan fingerprint density at radius 1 is 1.00 bits per heavy atom. The van der Waals surface area contributed by atoms with Gasteiger partial charge in [0.1, 0.15) is 12.1 Å². The lowest BCUT2D eigenvalue weighted by molar-refractivity contribution is -0.383. The number of nitro groups is 1. The molecule has 1 saturated heterocycles. The molecular weight excluding hydrogens is 370 g/mol. The summed E-state index contributed by atoms with van der Waals surface area (Å²) >= 11 is 0. The average Bonchev–Trinajstić information content (AvgIpc) is 2.74. The Hall–Kier alpha value is -3.75. The van der Waals surface area contributed by atoms with Crippen LogP contribution in [0.5, 0.6) is 0 Å². The van der Waals surface area contributed by atoms with Gasteiger partial charge in [-0.15, -0.1) is 0 Å². The molecule has 1 N–H and O–H groups in total. The van der Waals surface area contributed by atoms with Gasteiger partial charge in [0, 0.05) is 38.1 Å². The molecular formula is C20H21N7O2. The number of hydrogen-bond donors (Lipinski definition) is 1. The SMILES string of the molecule is Cc1cccc(Nc2ncnc(N3CCN(c4ccccn4)CC3)c2[N+](=O)[O-])c1. The fourth-order valence-corrected chi connectivity index (χ4v) is 3.41. The molecule has 0 radical (unpaired) electrons. The summed E-state index contributed by atoms with van der Waals surface area (Å²) in [7, 11) is 0. The van der Waals surface area contributed by atoms with Crippen molar-refractivity contribution in [1.82, 2.24) is 15.0 Å². The molecule has 0 spiro atoms. The van der Waals surface area contributed by atoms with Gasteiger partial charge in [0.15, 0.2) is 0 Å². The third-order valence-electron chi connectivity index (χ3n) is 4.82. The second kappa shape index (κ2) is 8.09. The molecule has 3 heterocycles. The normalized spacial score (nSPS) is 14.0. The third-order valence-corrected chi connectivity index (χ3v) is 4.82. The molecule has 0 aliphatic carbocycles. The molecule has 148 valence electrons. The van der Waals surface area contributed by atoms with Crippen molar-refractivity contribution in [2.75, 3.05) is 41.3 Å². The van der Waals surface area contributed by atoms with Crippen molar-refractivity contribution in [2.45, 2.75) is 6.92 Å². The molecule has 0 amide bonds. The van der Waals surface area contributed by atoms with E-state index in [-0.39, 0.29) is 11.5 Å². The summed E-state index contributed by atoms with van der Waals surface area (Å²) in [6.45, 7) is 4.60. The van der Waals surface area contributed by atoms with Gasteiger partial charge in [-0.2, -0.15) is 0 Å². The summed E-state index contributed by atoms with van der Waals surface area (Å²) in [5, 5.41) is 14.9. The number of hydrogen-bond acceptors (Lipinski definition) is 8. The Kier molecular flexibility index (Phi) is 5.19. The van der Waals surface area contributed by atoms with Crippen molar-refractivity contribution < 1.29 is 4.92 Å². The Balaban J connectivity index is 1.57. The summed E-state index contributed by atoms with van der Waals surface area (Å²) < 4.78 is 0. The van der Waals surface area contributed by atoms with Crippen molar-refractivity contribution >= 4 is 28.8 Å². The number of aromatic nitrogens is 3. The molecule has 9 nitrogen and oxygen atoms in total. The zero-order valence-corrected chi connectivity index (χ0v) is 16.0. The second-order valence-corrected chi connectivity index (χ2v) is 6.81. The molecule has 29 heavy (non-hydrogen) atoms. The Bertz CT molecular complexity index is 1000. The highest BCUT2D eigenvalue weighted by molar-refractivity contribution is 5.74. The number of pyridine rings is 1. The minimum atomic E-state index is -0.418.